The lowest BCUT2D eigenvalue weighted by atomic mass is 9.97. The van der Waals surface area contributed by atoms with Crippen LogP contribution in [0, 0.1) is 0 Å². The fourth-order valence-corrected chi connectivity index (χ4v) is 2.71. The third-order valence-electron chi connectivity index (χ3n) is 3.84. The summed E-state index contributed by atoms with van der Waals surface area (Å²) in [5.41, 5.74) is 2.16. The topological polar surface area (TPSA) is 0 Å². The zero-order chi connectivity index (χ0) is 15.5. The Balaban J connectivity index is 2.11. The van der Waals surface area contributed by atoms with Gasteiger partial charge in [0.25, 0.3) is 0 Å². The molecule has 0 heterocycles. The summed E-state index contributed by atoms with van der Waals surface area (Å²) >= 11 is 3.48. The second kappa shape index (κ2) is 6.33. The Hall–Kier alpha value is -2.12. The molecule has 0 atom stereocenters. The molecule has 108 valence electrons. The Labute approximate surface area is 139 Å². The predicted molar refractivity (Wildman–Crippen MR) is 102 cm³/mol. The molecule has 0 bridgehead atoms. The summed E-state index contributed by atoms with van der Waals surface area (Å²) in [6, 6.07) is 19.4. The molecule has 0 aliphatic heterocycles. The fraction of sp³-hybridized carbons (Fsp3) is 0.0476. The number of allylic oxidation sites excluding steroid dienone is 5. The number of hydrogen-bond donors (Lipinski definition) is 0. The molecule has 0 aliphatic carbocycles. The van der Waals surface area contributed by atoms with Gasteiger partial charge in [0.2, 0.25) is 0 Å². The maximum atomic E-state index is 4.18. The van der Waals surface area contributed by atoms with Gasteiger partial charge < -0.3 is 0 Å². The lowest BCUT2D eigenvalue weighted by Crippen LogP contribution is -1.82. The first-order valence-electron chi connectivity index (χ1n) is 7.30. The summed E-state index contributed by atoms with van der Waals surface area (Å²) in [4.78, 5) is 0. The normalized spacial score (nSPS) is 12.4. The summed E-state index contributed by atoms with van der Waals surface area (Å²) in [5, 5.41) is 5.09. The van der Waals surface area contributed by atoms with E-state index in [-0.39, 0.29) is 0 Å². The van der Waals surface area contributed by atoms with Crippen LogP contribution >= 0.6 is 15.9 Å². The van der Waals surface area contributed by atoms with Gasteiger partial charge in [-0.25, -0.2) is 0 Å². The zero-order valence-electron chi connectivity index (χ0n) is 12.5. The number of fused-ring (bicyclic) bond motifs is 3. The Bertz CT molecular complexity index is 913. The average Bonchev–Trinajstić information content (AvgIpc) is 2.58. The van der Waals surface area contributed by atoms with Crippen molar-refractivity contribution in [3.63, 3.8) is 0 Å². The number of hydrogen-bond acceptors (Lipinski definition) is 0. The monoisotopic (exact) mass is 348 g/mol. The van der Waals surface area contributed by atoms with Crippen LogP contribution in [0.5, 0.6) is 0 Å². The molecule has 0 amide bonds. The minimum absolute atomic E-state index is 1.01. The molecule has 0 radical (unpaired) electrons. The van der Waals surface area contributed by atoms with Crippen LogP contribution in [0.15, 0.2) is 83.9 Å². The first-order chi connectivity index (χ1) is 10.7. The van der Waals surface area contributed by atoms with E-state index >= 15 is 0 Å². The standard InChI is InChI=1S/C21H17Br/c1-3-19(22)13-8-15(2)18-12-11-17-10-9-16-6-4-5-7-20(16)21(17)14-18/h3-14H,2H2,1H3/b13-8-,19-3+. The van der Waals surface area contributed by atoms with Gasteiger partial charge in [-0.15, -0.1) is 0 Å². The highest BCUT2D eigenvalue weighted by molar-refractivity contribution is 9.11. The van der Waals surface area contributed by atoms with Crippen LogP contribution in [0.2, 0.25) is 0 Å². The molecule has 3 aromatic rings. The number of benzene rings is 3. The predicted octanol–water partition coefficient (Wildman–Crippen LogP) is 6.86. The van der Waals surface area contributed by atoms with Gasteiger partial charge in [-0.3, -0.25) is 0 Å². The van der Waals surface area contributed by atoms with E-state index in [1.807, 2.05) is 25.2 Å². The van der Waals surface area contributed by atoms with Gasteiger partial charge in [0, 0.05) is 4.48 Å². The third-order valence-corrected chi connectivity index (χ3v) is 4.56. The van der Waals surface area contributed by atoms with Gasteiger partial charge in [-0.2, -0.15) is 0 Å². The van der Waals surface area contributed by atoms with Gasteiger partial charge in [-0.1, -0.05) is 83.2 Å². The number of halogens is 1. The van der Waals surface area contributed by atoms with Crippen molar-refractivity contribution < 1.29 is 0 Å². The van der Waals surface area contributed by atoms with E-state index in [4.69, 9.17) is 0 Å². The fourth-order valence-electron chi connectivity index (χ4n) is 2.57. The average molecular weight is 349 g/mol. The van der Waals surface area contributed by atoms with Crippen LogP contribution < -0.4 is 0 Å². The summed E-state index contributed by atoms with van der Waals surface area (Å²) in [6.45, 7) is 6.18. The van der Waals surface area contributed by atoms with Crippen LogP contribution in [-0.4, -0.2) is 0 Å². The second-order valence-corrected chi connectivity index (χ2v) is 6.17. The molecule has 0 saturated heterocycles. The van der Waals surface area contributed by atoms with Gasteiger partial charge in [-0.05, 0) is 51.7 Å². The lowest BCUT2D eigenvalue weighted by Gasteiger charge is -2.07. The van der Waals surface area contributed by atoms with Crippen molar-refractivity contribution in [3.05, 3.63) is 89.5 Å². The Kier molecular flexibility index (Phi) is 4.26. The minimum atomic E-state index is 1.01. The van der Waals surface area contributed by atoms with E-state index < -0.39 is 0 Å². The van der Waals surface area contributed by atoms with E-state index in [1.54, 1.807) is 0 Å². The maximum Gasteiger partial charge on any atom is 0.0132 e. The van der Waals surface area contributed by atoms with Crippen molar-refractivity contribution in [1.82, 2.24) is 0 Å². The molecular formula is C21H17Br. The molecule has 0 fully saturated rings. The quantitative estimate of drug-likeness (QED) is 0.358. The van der Waals surface area contributed by atoms with Crippen molar-refractivity contribution in [2.75, 3.05) is 0 Å². The van der Waals surface area contributed by atoms with Gasteiger partial charge in [0.15, 0.2) is 0 Å². The lowest BCUT2D eigenvalue weighted by molar-refractivity contribution is 1.67. The van der Waals surface area contributed by atoms with Crippen LogP contribution in [0.4, 0.5) is 0 Å². The molecule has 0 N–H and O–H groups in total. The molecule has 1 heteroatoms. The molecule has 3 aromatic carbocycles. The molecule has 22 heavy (non-hydrogen) atoms. The van der Waals surface area contributed by atoms with E-state index in [2.05, 4.69) is 77.1 Å². The highest BCUT2D eigenvalue weighted by atomic mass is 79.9. The Morgan fingerprint density at radius 2 is 1.59 bits per heavy atom. The van der Waals surface area contributed by atoms with Crippen LogP contribution in [0.3, 0.4) is 0 Å². The molecule has 0 spiro atoms. The smallest absolute Gasteiger partial charge is 0.0132 e. The molecule has 0 saturated carbocycles. The Morgan fingerprint density at radius 3 is 2.36 bits per heavy atom. The number of rotatable bonds is 3. The van der Waals surface area contributed by atoms with Gasteiger partial charge in [0.1, 0.15) is 0 Å². The van der Waals surface area contributed by atoms with Crippen molar-refractivity contribution >= 4 is 43.0 Å². The summed E-state index contributed by atoms with van der Waals surface area (Å²) in [7, 11) is 0. The van der Waals surface area contributed by atoms with E-state index in [1.165, 1.54) is 21.5 Å². The molecule has 0 nitrogen and oxygen atoms in total. The molecule has 3 rings (SSSR count). The summed E-state index contributed by atoms with van der Waals surface area (Å²) in [5.74, 6) is 0. The molecule has 0 aromatic heterocycles. The molecule has 0 unspecified atom stereocenters. The summed E-state index contributed by atoms with van der Waals surface area (Å²) in [6.07, 6.45) is 6.07. The first kappa shape index (κ1) is 14.8. The third kappa shape index (κ3) is 2.90. The van der Waals surface area contributed by atoms with Crippen molar-refractivity contribution in [1.29, 1.82) is 0 Å². The zero-order valence-corrected chi connectivity index (χ0v) is 14.1. The van der Waals surface area contributed by atoms with E-state index in [0.29, 0.717) is 0 Å². The summed E-state index contributed by atoms with van der Waals surface area (Å²) < 4.78 is 1.06. The van der Waals surface area contributed by atoms with Gasteiger partial charge in [0.05, 0.1) is 0 Å². The maximum absolute atomic E-state index is 4.18. The molecule has 0 aliphatic rings. The Morgan fingerprint density at radius 1 is 0.909 bits per heavy atom. The second-order valence-electron chi connectivity index (χ2n) is 5.25. The van der Waals surface area contributed by atoms with E-state index in [0.717, 1.165) is 15.6 Å². The minimum Gasteiger partial charge on any atom is -0.0912 e. The highest BCUT2D eigenvalue weighted by Gasteiger charge is 2.02. The SMILES string of the molecule is C=C(/C=C\C(Br)=C/C)c1ccc2ccc3ccccc3c2c1. The highest BCUT2D eigenvalue weighted by Crippen LogP contribution is 2.28. The van der Waals surface area contributed by atoms with Crippen LogP contribution in [0.25, 0.3) is 27.1 Å². The van der Waals surface area contributed by atoms with Crippen molar-refractivity contribution in [2.24, 2.45) is 0 Å². The van der Waals surface area contributed by atoms with E-state index in [9.17, 15) is 0 Å². The van der Waals surface area contributed by atoms with Crippen molar-refractivity contribution in [3.8, 4) is 0 Å². The first-order valence-corrected chi connectivity index (χ1v) is 8.09. The van der Waals surface area contributed by atoms with Gasteiger partial charge >= 0.3 is 0 Å². The van der Waals surface area contributed by atoms with Crippen molar-refractivity contribution in [2.45, 2.75) is 6.92 Å². The largest absolute Gasteiger partial charge is 0.0912 e. The molecular weight excluding hydrogens is 332 g/mol. The van der Waals surface area contributed by atoms with Crippen LogP contribution in [0.1, 0.15) is 12.5 Å². The van der Waals surface area contributed by atoms with Crippen LogP contribution in [-0.2, 0) is 0 Å².